The van der Waals surface area contributed by atoms with Crippen LogP contribution in [0, 0.1) is 5.92 Å². The van der Waals surface area contributed by atoms with E-state index in [1.807, 2.05) is 19.1 Å². The molecule has 2 heterocycles. The molecule has 1 aromatic carbocycles. The van der Waals surface area contributed by atoms with Gasteiger partial charge in [0.15, 0.2) is 11.5 Å². The number of carbonyl (C=O) groups excluding carboxylic acids is 1. The molecule has 4 unspecified atom stereocenters. The Morgan fingerprint density at radius 1 is 1.24 bits per heavy atom. The van der Waals surface area contributed by atoms with E-state index in [1.54, 1.807) is 0 Å². The van der Waals surface area contributed by atoms with E-state index in [-0.39, 0.29) is 36.3 Å². The minimum Gasteiger partial charge on any atom is -0.486 e. The molecule has 1 saturated carbocycles. The van der Waals surface area contributed by atoms with Crippen molar-refractivity contribution in [1.29, 1.82) is 0 Å². The summed E-state index contributed by atoms with van der Waals surface area (Å²) in [7, 11) is 0. The summed E-state index contributed by atoms with van der Waals surface area (Å²) in [6.45, 7) is 4.06. The van der Waals surface area contributed by atoms with Crippen molar-refractivity contribution in [3.8, 4) is 11.5 Å². The van der Waals surface area contributed by atoms with E-state index in [9.17, 15) is 4.79 Å². The van der Waals surface area contributed by atoms with Gasteiger partial charge in [0, 0.05) is 24.5 Å². The van der Waals surface area contributed by atoms with Crippen LogP contribution in [0.2, 0.25) is 0 Å². The monoisotopic (exact) mass is 366 g/mol. The van der Waals surface area contributed by atoms with Gasteiger partial charge in [-0.15, -0.1) is 12.4 Å². The molecule has 4 atom stereocenters. The molecule has 2 N–H and O–H groups in total. The van der Waals surface area contributed by atoms with Gasteiger partial charge in [0.1, 0.15) is 13.2 Å². The Bertz CT molecular complexity index is 637. The van der Waals surface area contributed by atoms with Gasteiger partial charge in [0.05, 0.1) is 0 Å². The molecule has 4 rings (SSSR count). The lowest BCUT2D eigenvalue weighted by Gasteiger charge is -2.38. The molecule has 1 saturated heterocycles. The zero-order valence-electron chi connectivity index (χ0n) is 14.6. The summed E-state index contributed by atoms with van der Waals surface area (Å²) >= 11 is 0. The van der Waals surface area contributed by atoms with Crippen LogP contribution in [-0.2, 0) is 4.79 Å². The topological polar surface area (TPSA) is 64.8 Å². The van der Waals surface area contributed by atoms with Crippen molar-refractivity contribution in [1.82, 2.24) is 4.90 Å². The van der Waals surface area contributed by atoms with Crippen molar-refractivity contribution < 1.29 is 14.3 Å². The van der Waals surface area contributed by atoms with Crippen molar-refractivity contribution in [3.63, 3.8) is 0 Å². The standard InChI is InChI=1S/C19H26N2O3.ClH/c1-12(20)16-4-2-3-7-21(16)19(22)15-11-14(15)13-5-6-17-18(10-13)24-9-8-23-17;/h5-6,10,12,14-16H,2-4,7-9,11,20H2,1H3;1H. The van der Waals surface area contributed by atoms with Crippen molar-refractivity contribution in [2.24, 2.45) is 11.7 Å². The van der Waals surface area contributed by atoms with E-state index < -0.39 is 0 Å². The highest BCUT2D eigenvalue weighted by Gasteiger charge is 2.47. The third kappa shape index (κ3) is 3.58. The van der Waals surface area contributed by atoms with Crippen molar-refractivity contribution >= 4 is 18.3 Å². The second kappa shape index (κ2) is 7.42. The largest absolute Gasteiger partial charge is 0.486 e. The molecule has 25 heavy (non-hydrogen) atoms. The molecule has 138 valence electrons. The first-order chi connectivity index (χ1) is 11.6. The lowest BCUT2D eigenvalue weighted by atomic mass is 9.96. The van der Waals surface area contributed by atoms with Gasteiger partial charge in [-0.2, -0.15) is 0 Å². The molecule has 0 radical (unpaired) electrons. The van der Waals surface area contributed by atoms with Crippen LogP contribution in [0.5, 0.6) is 11.5 Å². The maximum Gasteiger partial charge on any atom is 0.226 e. The van der Waals surface area contributed by atoms with Crippen LogP contribution in [0.25, 0.3) is 0 Å². The summed E-state index contributed by atoms with van der Waals surface area (Å²) in [6, 6.07) is 6.33. The highest BCUT2D eigenvalue weighted by molar-refractivity contribution is 5.85. The molecule has 2 aliphatic heterocycles. The quantitative estimate of drug-likeness (QED) is 0.893. The number of likely N-dealkylation sites (tertiary alicyclic amines) is 1. The Balaban J connectivity index is 0.00000182. The molecule has 0 aromatic heterocycles. The molecule has 0 bridgehead atoms. The smallest absolute Gasteiger partial charge is 0.226 e. The minimum absolute atomic E-state index is 0. The molecule has 1 aliphatic carbocycles. The Kier molecular flexibility index (Phi) is 5.44. The number of piperidine rings is 1. The summed E-state index contributed by atoms with van der Waals surface area (Å²) in [4.78, 5) is 15.0. The molecular weight excluding hydrogens is 340 g/mol. The van der Waals surface area contributed by atoms with Crippen LogP contribution in [0.1, 0.15) is 44.1 Å². The van der Waals surface area contributed by atoms with Crippen molar-refractivity contribution in [3.05, 3.63) is 23.8 Å². The third-order valence-corrected chi connectivity index (χ3v) is 5.54. The molecule has 5 nitrogen and oxygen atoms in total. The molecular formula is C19H27ClN2O3. The molecule has 1 aromatic rings. The number of ether oxygens (including phenoxy) is 2. The fourth-order valence-corrected chi connectivity index (χ4v) is 4.12. The van der Waals surface area contributed by atoms with E-state index in [0.717, 1.165) is 37.3 Å². The van der Waals surface area contributed by atoms with Gasteiger partial charge in [-0.1, -0.05) is 6.07 Å². The number of fused-ring (bicyclic) bond motifs is 1. The molecule has 0 spiro atoms. The SMILES string of the molecule is CC(N)C1CCCCN1C(=O)C1CC1c1ccc2c(c1)OCCO2.Cl. The fourth-order valence-electron chi connectivity index (χ4n) is 4.12. The normalized spacial score (nSPS) is 28.7. The predicted molar refractivity (Wildman–Crippen MR) is 98.5 cm³/mol. The van der Waals surface area contributed by atoms with E-state index in [0.29, 0.717) is 19.1 Å². The number of nitrogens with zero attached hydrogens (tertiary/aromatic N) is 1. The summed E-state index contributed by atoms with van der Waals surface area (Å²) in [6.07, 6.45) is 4.23. The van der Waals surface area contributed by atoms with E-state index in [2.05, 4.69) is 11.0 Å². The summed E-state index contributed by atoms with van der Waals surface area (Å²) in [5, 5.41) is 0. The minimum atomic E-state index is 0. The Hall–Kier alpha value is -1.46. The van der Waals surface area contributed by atoms with Crippen LogP contribution in [0.3, 0.4) is 0 Å². The van der Waals surface area contributed by atoms with Gasteiger partial charge in [0.25, 0.3) is 0 Å². The highest BCUT2D eigenvalue weighted by atomic mass is 35.5. The number of rotatable bonds is 3. The van der Waals surface area contributed by atoms with E-state index in [1.165, 1.54) is 12.0 Å². The molecule has 3 aliphatic rings. The van der Waals surface area contributed by atoms with Gasteiger partial charge >= 0.3 is 0 Å². The first kappa shape index (κ1) is 18.3. The Morgan fingerprint density at radius 2 is 2.00 bits per heavy atom. The zero-order chi connectivity index (χ0) is 16.7. The molecule has 1 amide bonds. The number of hydrogen-bond acceptors (Lipinski definition) is 4. The van der Waals surface area contributed by atoms with Crippen LogP contribution < -0.4 is 15.2 Å². The van der Waals surface area contributed by atoms with E-state index in [4.69, 9.17) is 15.2 Å². The average molecular weight is 367 g/mol. The maximum atomic E-state index is 13.0. The van der Waals surface area contributed by atoms with Crippen LogP contribution in [-0.4, -0.2) is 42.6 Å². The van der Waals surface area contributed by atoms with Gasteiger partial charge in [-0.05, 0) is 56.2 Å². The van der Waals surface area contributed by atoms with Crippen molar-refractivity contribution in [2.75, 3.05) is 19.8 Å². The number of amides is 1. The van der Waals surface area contributed by atoms with Crippen LogP contribution >= 0.6 is 12.4 Å². The first-order valence-electron chi connectivity index (χ1n) is 9.11. The number of hydrogen-bond donors (Lipinski definition) is 1. The maximum absolute atomic E-state index is 13.0. The fraction of sp³-hybridized carbons (Fsp3) is 0.632. The van der Waals surface area contributed by atoms with Gasteiger partial charge < -0.3 is 20.1 Å². The summed E-state index contributed by atoms with van der Waals surface area (Å²) in [5.41, 5.74) is 7.30. The van der Waals surface area contributed by atoms with Gasteiger partial charge in [-0.3, -0.25) is 4.79 Å². The predicted octanol–water partition coefficient (Wildman–Crippen LogP) is 2.71. The average Bonchev–Trinajstić information content (AvgIpc) is 3.41. The number of halogens is 1. The summed E-state index contributed by atoms with van der Waals surface area (Å²) < 4.78 is 11.2. The first-order valence-corrected chi connectivity index (χ1v) is 9.11. The number of carbonyl (C=O) groups is 1. The van der Waals surface area contributed by atoms with E-state index >= 15 is 0 Å². The number of benzene rings is 1. The van der Waals surface area contributed by atoms with Crippen molar-refractivity contribution in [2.45, 2.75) is 50.6 Å². The lowest BCUT2D eigenvalue weighted by Crippen LogP contribution is -2.52. The zero-order valence-corrected chi connectivity index (χ0v) is 15.5. The number of nitrogens with two attached hydrogens (primary N) is 1. The van der Waals surface area contributed by atoms with Gasteiger partial charge in [-0.25, -0.2) is 0 Å². The highest BCUT2D eigenvalue weighted by Crippen LogP contribution is 2.50. The summed E-state index contributed by atoms with van der Waals surface area (Å²) in [5.74, 6) is 2.32. The van der Waals surface area contributed by atoms with Crippen LogP contribution in [0.4, 0.5) is 0 Å². The second-order valence-corrected chi connectivity index (χ2v) is 7.31. The lowest BCUT2D eigenvalue weighted by molar-refractivity contribution is -0.136. The second-order valence-electron chi connectivity index (χ2n) is 7.31. The Morgan fingerprint density at radius 3 is 2.76 bits per heavy atom. The Labute approximate surface area is 155 Å². The van der Waals surface area contributed by atoms with Gasteiger partial charge in [0.2, 0.25) is 5.91 Å². The third-order valence-electron chi connectivity index (χ3n) is 5.54. The molecule has 6 heteroatoms. The molecule has 2 fully saturated rings. The van der Waals surface area contributed by atoms with Crippen LogP contribution in [0.15, 0.2) is 18.2 Å².